The summed E-state index contributed by atoms with van der Waals surface area (Å²) >= 11 is 5.97. The summed E-state index contributed by atoms with van der Waals surface area (Å²) in [5, 5.41) is 2.76. The number of halogens is 1. The lowest BCUT2D eigenvalue weighted by atomic mass is 9.99. The molecule has 3 aromatic rings. The average Bonchev–Trinajstić information content (AvgIpc) is 2.67. The second-order valence-electron chi connectivity index (χ2n) is 6.50. The molecule has 3 nitrogen and oxygen atoms in total. The molecular formula is C22H23ClN2O. The molecule has 1 atom stereocenters. The molecule has 0 aliphatic heterocycles. The molecule has 0 radical (unpaired) electrons. The van der Waals surface area contributed by atoms with E-state index in [9.17, 15) is 4.79 Å². The first-order valence-electron chi connectivity index (χ1n) is 8.79. The van der Waals surface area contributed by atoms with Crippen molar-refractivity contribution in [3.05, 3.63) is 82.9 Å². The van der Waals surface area contributed by atoms with E-state index in [0.717, 1.165) is 34.7 Å². The smallest absolute Gasteiger partial charge is 0.254 e. The van der Waals surface area contributed by atoms with Crippen molar-refractivity contribution >= 4 is 28.3 Å². The van der Waals surface area contributed by atoms with Crippen LogP contribution in [-0.4, -0.2) is 30.4 Å². The standard InChI is InChI=1S/C22H23ClN2O/c1-25(19(13-14-24)15-16-9-11-18(23)12-10-16)22(26)21-8-4-6-17-5-2-3-7-20(17)21/h2-12,19H,13-15,24H2,1H3. The van der Waals surface area contributed by atoms with Crippen molar-refractivity contribution in [2.45, 2.75) is 18.9 Å². The number of hydrogen-bond donors (Lipinski definition) is 1. The first-order chi connectivity index (χ1) is 12.6. The number of carbonyl (C=O) groups is 1. The van der Waals surface area contributed by atoms with Crippen LogP contribution in [-0.2, 0) is 6.42 Å². The zero-order chi connectivity index (χ0) is 18.5. The summed E-state index contributed by atoms with van der Waals surface area (Å²) in [6, 6.07) is 21.6. The van der Waals surface area contributed by atoms with E-state index in [0.29, 0.717) is 11.6 Å². The highest BCUT2D eigenvalue weighted by Crippen LogP contribution is 2.22. The second kappa shape index (κ2) is 8.35. The molecule has 2 N–H and O–H groups in total. The van der Waals surface area contributed by atoms with Gasteiger partial charge in [0, 0.05) is 23.7 Å². The predicted octanol–water partition coefficient (Wildman–Crippen LogP) is 4.53. The zero-order valence-electron chi connectivity index (χ0n) is 14.9. The van der Waals surface area contributed by atoms with E-state index < -0.39 is 0 Å². The molecule has 0 bridgehead atoms. The van der Waals surface area contributed by atoms with Gasteiger partial charge < -0.3 is 10.6 Å². The Morgan fingerprint density at radius 1 is 1.04 bits per heavy atom. The Balaban J connectivity index is 1.86. The van der Waals surface area contributed by atoms with Gasteiger partial charge in [-0.2, -0.15) is 0 Å². The Morgan fingerprint density at radius 3 is 2.46 bits per heavy atom. The van der Waals surface area contributed by atoms with Crippen LogP contribution in [0.5, 0.6) is 0 Å². The van der Waals surface area contributed by atoms with Crippen molar-refractivity contribution in [3.63, 3.8) is 0 Å². The van der Waals surface area contributed by atoms with Gasteiger partial charge in [-0.25, -0.2) is 0 Å². The largest absolute Gasteiger partial charge is 0.338 e. The number of benzene rings is 3. The maximum absolute atomic E-state index is 13.2. The second-order valence-corrected chi connectivity index (χ2v) is 6.94. The SMILES string of the molecule is CN(C(=O)c1cccc2ccccc12)C(CCN)Cc1ccc(Cl)cc1. The van der Waals surface area contributed by atoms with Crippen molar-refractivity contribution in [2.24, 2.45) is 5.73 Å². The fourth-order valence-electron chi connectivity index (χ4n) is 3.29. The number of fused-ring (bicyclic) bond motifs is 1. The quantitative estimate of drug-likeness (QED) is 0.696. The maximum atomic E-state index is 13.2. The predicted molar refractivity (Wildman–Crippen MR) is 109 cm³/mol. The number of likely N-dealkylation sites (N-methyl/N-ethyl adjacent to an activating group) is 1. The van der Waals surface area contributed by atoms with E-state index in [4.69, 9.17) is 17.3 Å². The van der Waals surface area contributed by atoms with Crippen LogP contribution in [0.25, 0.3) is 10.8 Å². The summed E-state index contributed by atoms with van der Waals surface area (Å²) in [5.74, 6) is 0.0224. The topological polar surface area (TPSA) is 46.3 Å². The van der Waals surface area contributed by atoms with Gasteiger partial charge in [0.15, 0.2) is 0 Å². The molecule has 0 spiro atoms. The van der Waals surface area contributed by atoms with Crippen LogP contribution in [0.15, 0.2) is 66.7 Å². The highest BCUT2D eigenvalue weighted by atomic mass is 35.5. The van der Waals surface area contributed by atoms with Gasteiger partial charge in [-0.3, -0.25) is 4.79 Å². The van der Waals surface area contributed by atoms with Gasteiger partial charge in [0.05, 0.1) is 0 Å². The Hall–Kier alpha value is -2.36. The maximum Gasteiger partial charge on any atom is 0.254 e. The van der Waals surface area contributed by atoms with Crippen molar-refractivity contribution < 1.29 is 4.79 Å². The molecule has 3 rings (SSSR count). The van der Waals surface area contributed by atoms with Crippen molar-refractivity contribution in [2.75, 3.05) is 13.6 Å². The average molecular weight is 367 g/mol. The van der Waals surface area contributed by atoms with Crippen molar-refractivity contribution in [1.29, 1.82) is 0 Å². The number of carbonyl (C=O) groups excluding carboxylic acids is 1. The summed E-state index contributed by atoms with van der Waals surface area (Å²) < 4.78 is 0. The fourth-order valence-corrected chi connectivity index (χ4v) is 3.41. The molecule has 0 aromatic heterocycles. The third kappa shape index (κ3) is 4.06. The highest BCUT2D eigenvalue weighted by molar-refractivity contribution is 6.30. The van der Waals surface area contributed by atoms with E-state index >= 15 is 0 Å². The monoisotopic (exact) mass is 366 g/mol. The summed E-state index contributed by atoms with van der Waals surface area (Å²) in [4.78, 5) is 15.0. The van der Waals surface area contributed by atoms with Gasteiger partial charge in [-0.15, -0.1) is 0 Å². The fraction of sp³-hybridized carbons (Fsp3) is 0.227. The minimum Gasteiger partial charge on any atom is -0.338 e. The lowest BCUT2D eigenvalue weighted by Gasteiger charge is -2.29. The lowest BCUT2D eigenvalue weighted by molar-refractivity contribution is 0.0727. The van der Waals surface area contributed by atoms with Crippen LogP contribution in [0.2, 0.25) is 5.02 Å². The Labute approximate surface area is 159 Å². The van der Waals surface area contributed by atoms with Crippen molar-refractivity contribution in [1.82, 2.24) is 4.90 Å². The molecular weight excluding hydrogens is 344 g/mol. The Kier molecular flexibility index (Phi) is 5.92. The molecule has 26 heavy (non-hydrogen) atoms. The van der Waals surface area contributed by atoms with E-state index in [1.807, 2.05) is 78.7 Å². The number of amides is 1. The molecule has 1 amide bonds. The summed E-state index contributed by atoms with van der Waals surface area (Å²) in [5.41, 5.74) is 7.68. The summed E-state index contributed by atoms with van der Waals surface area (Å²) in [6.45, 7) is 0.533. The zero-order valence-corrected chi connectivity index (χ0v) is 15.6. The first kappa shape index (κ1) is 18.4. The van der Waals surface area contributed by atoms with Crippen LogP contribution in [0.1, 0.15) is 22.3 Å². The van der Waals surface area contributed by atoms with Crippen LogP contribution >= 0.6 is 11.6 Å². The molecule has 0 aliphatic rings. The molecule has 0 heterocycles. The van der Waals surface area contributed by atoms with E-state index in [1.165, 1.54) is 0 Å². The van der Waals surface area contributed by atoms with Crippen LogP contribution in [0, 0.1) is 0 Å². The summed E-state index contributed by atoms with van der Waals surface area (Å²) in [6.07, 6.45) is 1.50. The van der Waals surface area contributed by atoms with Gasteiger partial charge >= 0.3 is 0 Å². The van der Waals surface area contributed by atoms with E-state index in [2.05, 4.69) is 0 Å². The van der Waals surface area contributed by atoms with Gasteiger partial charge in [-0.1, -0.05) is 60.1 Å². The molecule has 134 valence electrons. The highest BCUT2D eigenvalue weighted by Gasteiger charge is 2.22. The third-order valence-electron chi connectivity index (χ3n) is 4.77. The minimum atomic E-state index is 0.0224. The number of hydrogen-bond acceptors (Lipinski definition) is 2. The molecule has 4 heteroatoms. The van der Waals surface area contributed by atoms with E-state index in [1.54, 1.807) is 0 Å². The molecule has 0 saturated carbocycles. The summed E-state index contributed by atoms with van der Waals surface area (Å²) in [7, 11) is 1.86. The molecule has 0 aliphatic carbocycles. The minimum absolute atomic E-state index is 0.0224. The van der Waals surface area contributed by atoms with Gasteiger partial charge in [0.1, 0.15) is 0 Å². The van der Waals surface area contributed by atoms with Crippen LogP contribution in [0.3, 0.4) is 0 Å². The molecule has 0 fully saturated rings. The van der Waals surface area contributed by atoms with Crippen LogP contribution in [0.4, 0.5) is 0 Å². The molecule has 3 aromatic carbocycles. The van der Waals surface area contributed by atoms with Gasteiger partial charge in [-0.05, 0) is 53.9 Å². The number of nitrogens with zero attached hydrogens (tertiary/aromatic N) is 1. The first-order valence-corrected chi connectivity index (χ1v) is 9.17. The number of rotatable bonds is 6. The third-order valence-corrected chi connectivity index (χ3v) is 5.02. The number of nitrogens with two attached hydrogens (primary N) is 1. The van der Waals surface area contributed by atoms with Crippen LogP contribution < -0.4 is 5.73 Å². The van der Waals surface area contributed by atoms with E-state index in [-0.39, 0.29) is 11.9 Å². The molecule has 0 saturated heterocycles. The Morgan fingerprint density at radius 2 is 1.73 bits per heavy atom. The Bertz CT molecular complexity index is 887. The van der Waals surface area contributed by atoms with Gasteiger partial charge in [0.25, 0.3) is 5.91 Å². The lowest BCUT2D eigenvalue weighted by Crippen LogP contribution is -2.40. The molecule has 1 unspecified atom stereocenters. The van der Waals surface area contributed by atoms with Crippen molar-refractivity contribution in [3.8, 4) is 0 Å². The van der Waals surface area contributed by atoms with Gasteiger partial charge in [0.2, 0.25) is 0 Å². The normalized spacial score (nSPS) is 12.1.